The number of carbonyl (C=O) groups is 1. The quantitative estimate of drug-likeness (QED) is 0.478. The monoisotopic (exact) mass is 377 g/mol. The number of H-pyrrole nitrogens is 1. The van der Waals surface area contributed by atoms with E-state index in [0.717, 1.165) is 33.3 Å². The number of carbonyl (C=O) groups excluding carboxylic acids is 1. The molecule has 4 aromatic rings. The molecule has 6 heteroatoms. The summed E-state index contributed by atoms with van der Waals surface area (Å²) in [5, 5.41) is 3.75. The minimum atomic E-state index is -0.113. The van der Waals surface area contributed by atoms with Crippen LogP contribution in [0.3, 0.4) is 0 Å². The second-order valence-electron chi connectivity index (χ2n) is 6.31. The number of fused-ring (bicyclic) bond motifs is 1. The number of imidazole rings is 1. The van der Waals surface area contributed by atoms with Crippen molar-refractivity contribution in [2.24, 2.45) is 0 Å². The number of aromatic amines is 1. The molecule has 136 valence electrons. The molecule has 0 aliphatic rings. The molecule has 2 heterocycles. The van der Waals surface area contributed by atoms with E-state index in [1.54, 1.807) is 24.1 Å². The van der Waals surface area contributed by atoms with Crippen molar-refractivity contribution in [2.75, 3.05) is 0 Å². The van der Waals surface area contributed by atoms with Crippen LogP contribution < -0.4 is 5.32 Å². The number of thioether (sulfide) groups is 1. The predicted molar refractivity (Wildman–Crippen MR) is 107 cm³/mol. The lowest BCUT2D eigenvalue weighted by Gasteiger charge is -2.05. The second kappa shape index (κ2) is 7.72. The van der Waals surface area contributed by atoms with Gasteiger partial charge in [0.15, 0.2) is 5.16 Å². The van der Waals surface area contributed by atoms with Crippen molar-refractivity contribution in [3.8, 4) is 0 Å². The van der Waals surface area contributed by atoms with Crippen molar-refractivity contribution < 1.29 is 9.21 Å². The first-order valence-corrected chi connectivity index (χ1v) is 9.64. The van der Waals surface area contributed by atoms with E-state index in [-0.39, 0.29) is 5.91 Å². The summed E-state index contributed by atoms with van der Waals surface area (Å²) in [5.74, 6) is 1.35. The van der Waals surface area contributed by atoms with Crippen LogP contribution >= 0.6 is 11.8 Å². The third-order valence-electron chi connectivity index (χ3n) is 4.18. The van der Waals surface area contributed by atoms with Crippen LogP contribution in [-0.4, -0.2) is 15.9 Å². The van der Waals surface area contributed by atoms with E-state index in [0.29, 0.717) is 12.1 Å². The Kier molecular flexibility index (Phi) is 4.98. The van der Waals surface area contributed by atoms with Gasteiger partial charge in [0, 0.05) is 11.3 Å². The van der Waals surface area contributed by atoms with Gasteiger partial charge in [0.1, 0.15) is 5.76 Å². The fourth-order valence-corrected chi connectivity index (χ4v) is 3.63. The maximum absolute atomic E-state index is 12.3. The van der Waals surface area contributed by atoms with Gasteiger partial charge in [-0.25, -0.2) is 4.98 Å². The number of hydrogen-bond donors (Lipinski definition) is 2. The topological polar surface area (TPSA) is 70.9 Å². The molecule has 0 spiro atoms. The zero-order chi connectivity index (χ0) is 18.6. The zero-order valence-electron chi connectivity index (χ0n) is 14.9. The van der Waals surface area contributed by atoms with Gasteiger partial charge >= 0.3 is 0 Å². The fourth-order valence-electron chi connectivity index (χ4n) is 2.81. The van der Waals surface area contributed by atoms with Crippen molar-refractivity contribution in [3.05, 3.63) is 83.3 Å². The molecule has 0 aliphatic carbocycles. The predicted octanol–water partition coefficient (Wildman–Crippen LogP) is 4.69. The molecule has 0 saturated carbocycles. The van der Waals surface area contributed by atoms with Gasteiger partial charge in [-0.3, -0.25) is 4.79 Å². The molecule has 0 atom stereocenters. The molecule has 0 aliphatic heterocycles. The van der Waals surface area contributed by atoms with Crippen molar-refractivity contribution in [1.82, 2.24) is 15.3 Å². The van der Waals surface area contributed by atoms with Crippen molar-refractivity contribution >= 4 is 28.7 Å². The molecule has 0 radical (unpaired) electrons. The van der Waals surface area contributed by atoms with E-state index < -0.39 is 0 Å². The maximum Gasteiger partial charge on any atom is 0.251 e. The van der Waals surface area contributed by atoms with Gasteiger partial charge in [-0.1, -0.05) is 30.0 Å². The number of aryl methyl sites for hydroxylation is 1. The third kappa shape index (κ3) is 4.23. The summed E-state index contributed by atoms with van der Waals surface area (Å²) in [4.78, 5) is 20.3. The minimum absolute atomic E-state index is 0.113. The van der Waals surface area contributed by atoms with Gasteiger partial charge in [-0.05, 0) is 54.4 Å². The number of rotatable bonds is 6. The highest BCUT2D eigenvalue weighted by Gasteiger charge is 2.08. The second-order valence-corrected chi connectivity index (χ2v) is 7.28. The SMILES string of the molecule is Cc1ccc2nc(SCc3cccc(C(=O)NCc4ccco4)c3)[nH]c2c1. The molecule has 5 nitrogen and oxygen atoms in total. The number of nitrogens with one attached hydrogen (secondary N) is 2. The number of nitrogens with zero attached hydrogens (tertiary/aromatic N) is 1. The number of benzene rings is 2. The molecule has 27 heavy (non-hydrogen) atoms. The van der Waals surface area contributed by atoms with E-state index in [1.165, 1.54) is 5.56 Å². The summed E-state index contributed by atoms with van der Waals surface area (Å²) < 4.78 is 5.23. The lowest BCUT2D eigenvalue weighted by atomic mass is 10.1. The standard InChI is InChI=1S/C21H19N3O2S/c1-14-7-8-18-19(10-14)24-21(23-18)27-13-15-4-2-5-16(11-15)20(25)22-12-17-6-3-9-26-17/h2-11H,12-13H2,1H3,(H,22,25)(H,23,24). The highest BCUT2D eigenvalue weighted by Crippen LogP contribution is 2.24. The van der Waals surface area contributed by atoms with E-state index in [4.69, 9.17) is 4.42 Å². The fraction of sp³-hybridized carbons (Fsp3) is 0.143. The van der Waals surface area contributed by atoms with Gasteiger partial charge in [0.05, 0.1) is 23.8 Å². The molecular formula is C21H19N3O2S. The molecule has 4 rings (SSSR count). The average molecular weight is 377 g/mol. The number of aromatic nitrogens is 2. The number of hydrogen-bond acceptors (Lipinski definition) is 4. The smallest absolute Gasteiger partial charge is 0.251 e. The molecule has 0 unspecified atom stereocenters. The van der Waals surface area contributed by atoms with Crippen LogP contribution in [0.4, 0.5) is 0 Å². The number of amides is 1. The Labute approximate surface area is 161 Å². The first kappa shape index (κ1) is 17.4. The Morgan fingerprint density at radius 3 is 2.96 bits per heavy atom. The lowest BCUT2D eigenvalue weighted by Crippen LogP contribution is -2.22. The Morgan fingerprint density at radius 2 is 2.11 bits per heavy atom. The van der Waals surface area contributed by atoms with E-state index in [2.05, 4.69) is 34.3 Å². The third-order valence-corrected chi connectivity index (χ3v) is 5.13. The normalized spacial score (nSPS) is 11.0. The summed E-state index contributed by atoms with van der Waals surface area (Å²) in [6.45, 7) is 2.44. The van der Waals surface area contributed by atoms with Crippen molar-refractivity contribution in [2.45, 2.75) is 24.4 Å². The van der Waals surface area contributed by atoms with E-state index >= 15 is 0 Å². The Hall–Kier alpha value is -2.99. The summed E-state index contributed by atoms with van der Waals surface area (Å²) in [6, 6.07) is 17.5. The van der Waals surface area contributed by atoms with Crippen LogP contribution in [0.5, 0.6) is 0 Å². The molecule has 1 amide bonds. The van der Waals surface area contributed by atoms with E-state index in [9.17, 15) is 4.79 Å². The van der Waals surface area contributed by atoms with Gasteiger partial charge < -0.3 is 14.7 Å². The van der Waals surface area contributed by atoms with Crippen molar-refractivity contribution in [1.29, 1.82) is 0 Å². The van der Waals surface area contributed by atoms with E-state index in [1.807, 2.05) is 36.4 Å². The lowest BCUT2D eigenvalue weighted by molar-refractivity contribution is 0.0948. The molecule has 2 aromatic carbocycles. The van der Waals surface area contributed by atoms with Gasteiger partial charge in [0.25, 0.3) is 5.91 Å². The molecular weight excluding hydrogens is 358 g/mol. The first-order chi connectivity index (χ1) is 13.2. The number of furan rings is 1. The Balaban J connectivity index is 1.40. The largest absolute Gasteiger partial charge is 0.467 e. The van der Waals surface area contributed by atoms with Gasteiger partial charge in [-0.15, -0.1) is 0 Å². The molecule has 2 N–H and O–H groups in total. The Morgan fingerprint density at radius 1 is 1.19 bits per heavy atom. The van der Waals surface area contributed by atoms with Gasteiger partial charge in [0.2, 0.25) is 0 Å². The summed E-state index contributed by atoms with van der Waals surface area (Å²) >= 11 is 1.62. The Bertz CT molecular complexity index is 1070. The minimum Gasteiger partial charge on any atom is -0.467 e. The molecule has 0 fully saturated rings. The molecule has 0 bridgehead atoms. The van der Waals surface area contributed by atoms with Crippen LogP contribution in [0.25, 0.3) is 11.0 Å². The summed E-state index contributed by atoms with van der Waals surface area (Å²) in [5.41, 5.74) is 4.93. The summed E-state index contributed by atoms with van der Waals surface area (Å²) in [6.07, 6.45) is 1.60. The van der Waals surface area contributed by atoms with Crippen LogP contribution in [0.1, 0.15) is 27.2 Å². The average Bonchev–Trinajstić information content (AvgIpc) is 3.33. The van der Waals surface area contributed by atoms with Gasteiger partial charge in [-0.2, -0.15) is 0 Å². The molecule has 0 saturated heterocycles. The first-order valence-electron chi connectivity index (χ1n) is 8.66. The summed E-state index contributed by atoms with van der Waals surface area (Å²) in [7, 11) is 0. The van der Waals surface area contributed by atoms with Crippen LogP contribution in [0, 0.1) is 6.92 Å². The highest BCUT2D eigenvalue weighted by atomic mass is 32.2. The van der Waals surface area contributed by atoms with Crippen molar-refractivity contribution in [3.63, 3.8) is 0 Å². The molecule has 2 aromatic heterocycles. The maximum atomic E-state index is 12.3. The van der Waals surface area contributed by atoms with Crippen LogP contribution in [-0.2, 0) is 12.3 Å². The van der Waals surface area contributed by atoms with Crippen LogP contribution in [0.15, 0.2) is 70.4 Å². The zero-order valence-corrected chi connectivity index (χ0v) is 15.7. The van der Waals surface area contributed by atoms with Crippen LogP contribution in [0.2, 0.25) is 0 Å². The highest BCUT2D eigenvalue weighted by molar-refractivity contribution is 7.98.